The number of nitrogens with zero attached hydrogens (tertiary/aromatic N) is 1. The Balaban J connectivity index is 2.52. The average molecular weight is 223 g/mol. The zero-order valence-corrected chi connectivity index (χ0v) is 9.31. The number of carboxylic acid groups (broad SMARTS) is 1. The molecule has 0 aromatic carbocycles. The lowest BCUT2D eigenvalue weighted by molar-refractivity contribution is -0.136. The number of anilines is 1. The second kappa shape index (κ2) is 6.07. The van der Waals surface area contributed by atoms with E-state index in [4.69, 9.17) is 10.8 Å². The van der Waals surface area contributed by atoms with Crippen molar-refractivity contribution in [2.45, 2.75) is 25.8 Å². The van der Waals surface area contributed by atoms with Gasteiger partial charge in [0.05, 0.1) is 6.54 Å². The summed E-state index contributed by atoms with van der Waals surface area (Å²) in [5.41, 5.74) is 6.45. The van der Waals surface area contributed by atoms with Crippen LogP contribution in [0.5, 0.6) is 0 Å². The van der Waals surface area contributed by atoms with E-state index in [9.17, 15) is 4.79 Å². The summed E-state index contributed by atoms with van der Waals surface area (Å²) < 4.78 is 0. The van der Waals surface area contributed by atoms with Gasteiger partial charge in [-0.05, 0) is 18.6 Å². The van der Waals surface area contributed by atoms with Crippen molar-refractivity contribution in [2.75, 3.05) is 12.3 Å². The molecule has 0 aliphatic carbocycles. The largest absolute Gasteiger partial charge is 0.480 e. The van der Waals surface area contributed by atoms with Gasteiger partial charge in [-0.25, -0.2) is 4.98 Å². The molecule has 0 bridgehead atoms. The highest BCUT2D eigenvalue weighted by atomic mass is 16.4. The van der Waals surface area contributed by atoms with Crippen LogP contribution in [-0.2, 0) is 11.2 Å². The van der Waals surface area contributed by atoms with Crippen molar-refractivity contribution < 1.29 is 9.90 Å². The van der Waals surface area contributed by atoms with Crippen LogP contribution in [0.1, 0.15) is 19.0 Å². The number of carbonyl (C=O) groups is 1. The third kappa shape index (κ3) is 4.27. The van der Waals surface area contributed by atoms with Crippen LogP contribution < -0.4 is 11.1 Å². The van der Waals surface area contributed by atoms with Crippen molar-refractivity contribution in [1.82, 2.24) is 10.3 Å². The Kier molecular flexibility index (Phi) is 4.72. The standard InChI is InChI=1S/C11H17N3O2/c1-2-8(13-7-11(15)16)6-9-4-3-5-10(12)14-9/h3-5,8,13H,2,6-7H2,1H3,(H2,12,14)(H,15,16). The minimum Gasteiger partial charge on any atom is -0.480 e. The summed E-state index contributed by atoms with van der Waals surface area (Å²) in [5.74, 6) is -0.357. The molecular formula is C11H17N3O2. The maximum atomic E-state index is 10.4. The van der Waals surface area contributed by atoms with Crippen LogP contribution in [-0.4, -0.2) is 28.6 Å². The minimum atomic E-state index is -0.848. The van der Waals surface area contributed by atoms with E-state index in [2.05, 4.69) is 10.3 Å². The second-order valence-corrected chi connectivity index (χ2v) is 3.64. The number of aliphatic carboxylic acids is 1. The second-order valence-electron chi connectivity index (χ2n) is 3.64. The quantitative estimate of drug-likeness (QED) is 0.659. The molecule has 16 heavy (non-hydrogen) atoms. The van der Waals surface area contributed by atoms with Crippen LogP contribution in [0.2, 0.25) is 0 Å². The van der Waals surface area contributed by atoms with Gasteiger partial charge in [-0.2, -0.15) is 0 Å². The molecule has 5 heteroatoms. The molecule has 88 valence electrons. The molecule has 1 aromatic heterocycles. The van der Waals surface area contributed by atoms with Gasteiger partial charge in [0.2, 0.25) is 0 Å². The lowest BCUT2D eigenvalue weighted by atomic mass is 10.1. The highest BCUT2D eigenvalue weighted by Crippen LogP contribution is 2.05. The van der Waals surface area contributed by atoms with Gasteiger partial charge in [0.25, 0.3) is 0 Å². The fraction of sp³-hybridized carbons (Fsp3) is 0.455. The van der Waals surface area contributed by atoms with Gasteiger partial charge in [0.15, 0.2) is 0 Å². The number of rotatable bonds is 6. The van der Waals surface area contributed by atoms with Gasteiger partial charge >= 0.3 is 5.97 Å². The molecule has 0 aliphatic rings. The highest BCUT2D eigenvalue weighted by molar-refractivity contribution is 5.69. The van der Waals surface area contributed by atoms with Crippen LogP contribution in [0, 0.1) is 0 Å². The Morgan fingerprint density at radius 3 is 2.94 bits per heavy atom. The number of nitrogen functional groups attached to an aromatic ring is 1. The Morgan fingerprint density at radius 2 is 2.38 bits per heavy atom. The summed E-state index contributed by atoms with van der Waals surface area (Å²) in [5, 5.41) is 11.5. The lowest BCUT2D eigenvalue weighted by Gasteiger charge is -2.15. The van der Waals surface area contributed by atoms with E-state index in [0.717, 1.165) is 12.1 Å². The first-order valence-corrected chi connectivity index (χ1v) is 5.28. The average Bonchev–Trinajstić information content (AvgIpc) is 2.24. The Morgan fingerprint density at radius 1 is 1.62 bits per heavy atom. The summed E-state index contributed by atoms with van der Waals surface area (Å²) >= 11 is 0. The summed E-state index contributed by atoms with van der Waals surface area (Å²) in [4.78, 5) is 14.6. The topological polar surface area (TPSA) is 88.2 Å². The molecule has 1 atom stereocenters. The first-order valence-electron chi connectivity index (χ1n) is 5.28. The van der Waals surface area contributed by atoms with Crippen molar-refractivity contribution in [3.05, 3.63) is 23.9 Å². The molecule has 0 aliphatic heterocycles. The number of nitrogens with one attached hydrogen (secondary N) is 1. The Hall–Kier alpha value is -1.62. The van der Waals surface area contributed by atoms with Crippen molar-refractivity contribution in [3.63, 3.8) is 0 Å². The third-order valence-corrected chi connectivity index (χ3v) is 2.32. The third-order valence-electron chi connectivity index (χ3n) is 2.32. The number of hydrogen-bond donors (Lipinski definition) is 3. The van der Waals surface area contributed by atoms with Crippen LogP contribution in [0.4, 0.5) is 5.82 Å². The van der Waals surface area contributed by atoms with Gasteiger partial charge in [-0.1, -0.05) is 13.0 Å². The maximum Gasteiger partial charge on any atom is 0.317 e. The van der Waals surface area contributed by atoms with E-state index in [1.165, 1.54) is 0 Å². The minimum absolute atomic E-state index is 0.0270. The van der Waals surface area contributed by atoms with Crippen molar-refractivity contribution in [1.29, 1.82) is 0 Å². The molecule has 0 amide bonds. The first-order chi connectivity index (χ1) is 7.61. The fourth-order valence-electron chi connectivity index (χ4n) is 1.46. The summed E-state index contributed by atoms with van der Waals surface area (Å²) in [6, 6.07) is 5.59. The van der Waals surface area contributed by atoms with Crippen LogP contribution in [0.15, 0.2) is 18.2 Å². The number of aromatic nitrogens is 1. The molecular weight excluding hydrogens is 206 g/mol. The van der Waals surface area contributed by atoms with E-state index in [0.29, 0.717) is 12.2 Å². The molecule has 1 rings (SSSR count). The van der Waals surface area contributed by atoms with E-state index < -0.39 is 5.97 Å². The van der Waals surface area contributed by atoms with Crippen molar-refractivity contribution in [2.24, 2.45) is 0 Å². The Bertz CT molecular complexity index is 355. The van der Waals surface area contributed by atoms with Crippen LogP contribution in [0.25, 0.3) is 0 Å². The molecule has 0 fully saturated rings. The number of nitrogens with two attached hydrogens (primary N) is 1. The van der Waals surface area contributed by atoms with E-state index in [1.807, 2.05) is 19.1 Å². The van der Waals surface area contributed by atoms with E-state index >= 15 is 0 Å². The molecule has 0 saturated heterocycles. The number of hydrogen-bond acceptors (Lipinski definition) is 4. The highest BCUT2D eigenvalue weighted by Gasteiger charge is 2.09. The molecule has 1 unspecified atom stereocenters. The summed E-state index contributed by atoms with van der Waals surface area (Å²) in [6.07, 6.45) is 1.54. The van der Waals surface area contributed by atoms with Gasteiger partial charge in [-0.3, -0.25) is 4.79 Å². The summed E-state index contributed by atoms with van der Waals surface area (Å²) in [6.45, 7) is 1.98. The van der Waals surface area contributed by atoms with Gasteiger partial charge in [0, 0.05) is 18.2 Å². The van der Waals surface area contributed by atoms with Crippen LogP contribution >= 0.6 is 0 Å². The molecule has 5 nitrogen and oxygen atoms in total. The van der Waals surface area contributed by atoms with Gasteiger partial charge in [0.1, 0.15) is 5.82 Å². The smallest absolute Gasteiger partial charge is 0.317 e. The molecule has 1 heterocycles. The molecule has 1 aromatic rings. The molecule has 0 spiro atoms. The molecule has 4 N–H and O–H groups in total. The monoisotopic (exact) mass is 223 g/mol. The predicted molar refractivity (Wildman–Crippen MR) is 62.1 cm³/mol. The van der Waals surface area contributed by atoms with E-state index in [-0.39, 0.29) is 12.6 Å². The Labute approximate surface area is 94.7 Å². The predicted octanol–water partition coefficient (Wildman–Crippen LogP) is 0.659. The first kappa shape index (κ1) is 12.4. The van der Waals surface area contributed by atoms with Gasteiger partial charge < -0.3 is 16.2 Å². The van der Waals surface area contributed by atoms with Crippen LogP contribution in [0.3, 0.4) is 0 Å². The lowest BCUT2D eigenvalue weighted by Crippen LogP contribution is -2.34. The fourth-order valence-corrected chi connectivity index (χ4v) is 1.46. The normalized spacial score (nSPS) is 12.3. The number of carboxylic acids is 1. The van der Waals surface area contributed by atoms with E-state index in [1.54, 1.807) is 6.07 Å². The molecule has 0 saturated carbocycles. The maximum absolute atomic E-state index is 10.4. The molecule has 0 radical (unpaired) electrons. The zero-order valence-electron chi connectivity index (χ0n) is 9.31. The summed E-state index contributed by atoms with van der Waals surface area (Å²) in [7, 11) is 0. The SMILES string of the molecule is CCC(Cc1cccc(N)n1)NCC(=O)O. The van der Waals surface area contributed by atoms with Crippen molar-refractivity contribution in [3.8, 4) is 0 Å². The zero-order chi connectivity index (χ0) is 12.0. The van der Waals surface area contributed by atoms with Crippen molar-refractivity contribution >= 4 is 11.8 Å². The number of pyridine rings is 1. The van der Waals surface area contributed by atoms with Gasteiger partial charge in [-0.15, -0.1) is 0 Å².